The Morgan fingerprint density at radius 3 is 2.22 bits per heavy atom. The Hall–Kier alpha value is -5.99. The van der Waals surface area contributed by atoms with Gasteiger partial charge < -0.3 is 35.1 Å². The van der Waals surface area contributed by atoms with Crippen LogP contribution in [0.5, 0.6) is 11.5 Å². The molecule has 364 valence electrons. The number of carbonyl (C=O) groups excluding carboxylic acids is 4. The summed E-state index contributed by atoms with van der Waals surface area (Å²) in [6, 6.07) is 17.6. The molecule has 1 aromatic heterocycles. The highest BCUT2D eigenvalue weighted by molar-refractivity contribution is 7.13. The first-order valence-electron chi connectivity index (χ1n) is 22.8. The van der Waals surface area contributed by atoms with E-state index in [1.165, 1.54) is 6.07 Å². The predicted molar refractivity (Wildman–Crippen MR) is 252 cm³/mol. The molecule has 4 amide bonds. The molecule has 1 aliphatic heterocycles. The molecule has 2 aliphatic rings. The molecule has 17 heteroatoms. The lowest BCUT2D eigenvalue weighted by molar-refractivity contribution is -0.164. The van der Waals surface area contributed by atoms with Crippen molar-refractivity contribution in [2.45, 2.75) is 118 Å². The SMILES string of the molecule is Cc1ncsc1-c1ccc(CNC(=O)[C@@H]2CCCN2C(=O)[C@@H](NC(=O)COCCCCOc2ccc(C(=O)NC3C(C)(C)C(Oc4ccc(C#N)c(C(F)(F)F)c4)C3(C)C)cc2)C(C)(C)C)cc1. The Balaban J connectivity index is 0.892. The van der Waals surface area contributed by atoms with Crippen molar-refractivity contribution in [3.05, 3.63) is 100 Å². The number of carbonyl (C=O) groups is 4. The zero-order valence-electron chi connectivity index (χ0n) is 39.8. The smallest absolute Gasteiger partial charge is 0.417 e. The highest BCUT2D eigenvalue weighted by atomic mass is 32.1. The van der Waals surface area contributed by atoms with Crippen LogP contribution in [0.4, 0.5) is 13.2 Å². The minimum Gasteiger partial charge on any atom is -0.494 e. The third-order valence-electron chi connectivity index (χ3n) is 12.8. The lowest BCUT2D eigenvalue weighted by Crippen LogP contribution is -2.74. The van der Waals surface area contributed by atoms with Crippen molar-refractivity contribution in [3.63, 3.8) is 0 Å². The van der Waals surface area contributed by atoms with Gasteiger partial charge in [0, 0.05) is 42.1 Å². The maximum absolute atomic E-state index is 13.9. The number of likely N-dealkylation sites (tertiary alicyclic amines) is 1. The summed E-state index contributed by atoms with van der Waals surface area (Å²) in [6.45, 7) is 16.3. The summed E-state index contributed by atoms with van der Waals surface area (Å²) in [5, 5.41) is 18.1. The van der Waals surface area contributed by atoms with Gasteiger partial charge in [0.15, 0.2) is 0 Å². The summed E-state index contributed by atoms with van der Waals surface area (Å²) >= 11 is 1.58. The molecule has 4 aromatic rings. The summed E-state index contributed by atoms with van der Waals surface area (Å²) in [7, 11) is 0. The van der Waals surface area contributed by atoms with Gasteiger partial charge in [-0.2, -0.15) is 18.4 Å². The monoisotopic (exact) mass is 958 g/mol. The Labute approximate surface area is 400 Å². The summed E-state index contributed by atoms with van der Waals surface area (Å²) in [4.78, 5) is 60.7. The molecular weight excluding hydrogens is 898 g/mol. The van der Waals surface area contributed by atoms with E-state index >= 15 is 0 Å². The van der Waals surface area contributed by atoms with Crippen LogP contribution in [-0.4, -0.2) is 84.1 Å². The molecule has 0 spiro atoms. The Morgan fingerprint density at radius 1 is 0.941 bits per heavy atom. The van der Waals surface area contributed by atoms with Gasteiger partial charge in [0.1, 0.15) is 36.3 Å². The fraction of sp³-hybridized carbons (Fsp3) is 0.490. The molecule has 1 saturated carbocycles. The van der Waals surface area contributed by atoms with Crippen molar-refractivity contribution < 1.29 is 46.6 Å². The van der Waals surface area contributed by atoms with Gasteiger partial charge in [0.2, 0.25) is 17.7 Å². The summed E-state index contributed by atoms with van der Waals surface area (Å²) in [5.74, 6) is -0.735. The maximum atomic E-state index is 13.9. The van der Waals surface area contributed by atoms with E-state index in [1.54, 1.807) is 46.6 Å². The van der Waals surface area contributed by atoms with Crippen LogP contribution in [0.1, 0.15) is 107 Å². The Kier molecular flexibility index (Phi) is 16.0. The Bertz CT molecular complexity index is 2460. The number of thiazole rings is 1. The van der Waals surface area contributed by atoms with Crippen molar-refractivity contribution in [2.75, 3.05) is 26.4 Å². The van der Waals surface area contributed by atoms with Gasteiger partial charge in [-0.25, -0.2) is 4.98 Å². The zero-order valence-corrected chi connectivity index (χ0v) is 40.7. The van der Waals surface area contributed by atoms with Crippen molar-refractivity contribution in [1.29, 1.82) is 5.26 Å². The van der Waals surface area contributed by atoms with Gasteiger partial charge in [-0.1, -0.05) is 72.7 Å². The molecular formula is C51H61F3N6O7S. The molecule has 1 aliphatic carbocycles. The van der Waals surface area contributed by atoms with Gasteiger partial charge >= 0.3 is 6.18 Å². The van der Waals surface area contributed by atoms with E-state index in [2.05, 4.69) is 20.9 Å². The number of aromatic nitrogens is 1. The second kappa shape index (κ2) is 21.1. The van der Waals surface area contributed by atoms with E-state index in [-0.39, 0.29) is 42.7 Å². The van der Waals surface area contributed by atoms with Crippen molar-refractivity contribution >= 4 is 35.0 Å². The number of hydrogen-bond donors (Lipinski definition) is 3. The fourth-order valence-corrected chi connectivity index (χ4v) is 10.2. The highest BCUT2D eigenvalue weighted by Crippen LogP contribution is 2.56. The van der Waals surface area contributed by atoms with Crippen LogP contribution in [-0.2, 0) is 31.8 Å². The van der Waals surface area contributed by atoms with Gasteiger partial charge in [0.05, 0.1) is 39.9 Å². The molecule has 13 nitrogen and oxygen atoms in total. The van der Waals surface area contributed by atoms with E-state index in [4.69, 9.17) is 19.5 Å². The fourth-order valence-electron chi connectivity index (χ4n) is 9.42. The lowest BCUT2D eigenvalue weighted by Gasteiger charge is -2.63. The first-order valence-corrected chi connectivity index (χ1v) is 23.7. The van der Waals surface area contributed by atoms with E-state index in [0.717, 1.165) is 33.8 Å². The van der Waals surface area contributed by atoms with Gasteiger partial charge in [-0.05, 0) is 91.6 Å². The number of hydrogen-bond acceptors (Lipinski definition) is 10. The Morgan fingerprint density at radius 2 is 1.60 bits per heavy atom. The standard InChI is InChI=1S/C51H61F3N6O7S/c1-31-41(68-30-57-31)33-15-13-32(14-16-33)28-56-44(63)39-12-11-23-60(39)45(64)42(48(2,3)4)58-40(61)29-65-24-9-10-25-66-36-20-17-34(18-21-36)43(62)59-46-49(5,6)47(50(46,7)8)67-37-22-19-35(27-55)38(26-37)51(52,53)54/h13-22,26,30,39,42,46-47H,9-12,23-25,28-29H2,1-8H3,(H,56,63)(H,58,61)(H,59,62)/t39-,42+,46?,47?/m0/s1. The third kappa shape index (κ3) is 12.0. The third-order valence-corrected chi connectivity index (χ3v) is 13.8. The first-order chi connectivity index (χ1) is 32.0. The van der Waals surface area contributed by atoms with Gasteiger partial charge in [-0.3, -0.25) is 19.2 Å². The summed E-state index contributed by atoms with van der Waals surface area (Å²) < 4.78 is 58.4. The predicted octanol–water partition coefficient (Wildman–Crippen LogP) is 8.63. The van der Waals surface area contributed by atoms with Crippen molar-refractivity contribution in [1.82, 2.24) is 25.8 Å². The molecule has 0 radical (unpaired) electrons. The van der Waals surface area contributed by atoms with Gasteiger partial charge in [-0.15, -0.1) is 11.3 Å². The number of nitrogens with one attached hydrogen (secondary N) is 3. The maximum Gasteiger partial charge on any atom is 0.417 e. The lowest BCUT2D eigenvalue weighted by atomic mass is 9.49. The van der Waals surface area contributed by atoms with Crippen LogP contribution < -0.4 is 25.4 Å². The number of rotatable bonds is 18. The van der Waals surface area contributed by atoms with Crippen LogP contribution >= 0.6 is 11.3 Å². The van der Waals surface area contributed by atoms with Crippen LogP contribution in [0.25, 0.3) is 10.4 Å². The second-order valence-electron chi connectivity index (χ2n) is 19.7. The van der Waals surface area contributed by atoms with Crippen LogP contribution in [0.2, 0.25) is 0 Å². The normalized spacial score (nSPS) is 19.0. The number of unbranched alkanes of at least 4 members (excludes halogenated alkanes) is 1. The number of aryl methyl sites for hydroxylation is 1. The van der Waals surface area contributed by atoms with Crippen LogP contribution in [0.15, 0.2) is 72.2 Å². The first kappa shape index (κ1) is 51.4. The molecule has 2 fully saturated rings. The molecule has 3 aromatic carbocycles. The molecule has 3 N–H and O–H groups in total. The van der Waals surface area contributed by atoms with E-state index in [1.807, 2.05) is 85.2 Å². The minimum absolute atomic E-state index is 0.00793. The molecule has 2 heterocycles. The zero-order chi connectivity index (χ0) is 49.6. The van der Waals surface area contributed by atoms with E-state index in [0.29, 0.717) is 56.7 Å². The van der Waals surface area contributed by atoms with Crippen LogP contribution in [0.3, 0.4) is 0 Å². The number of halogens is 3. The molecule has 0 unspecified atom stereocenters. The minimum atomic E-state index is -4.71. The highest BCUT2D eigenvalue weighted by Gasteiger charge is 2.64. The van der Waals surface area contributed by atoms with Crippen LogP contribution in [0, 0.1) is 34.5 Å². The number of amides is 4. The molecule has 68 heavy (non-hydrogen) atoms. The second-order valence-corrected chi connectivity index (χ2v) is 20.6. The number of alkyl halides is 3. The van der Waals surface area contributed by atoms with Crippen molar-refractivity contribution in [2.24, 2.45) is 16.2 Å². The number of ether oxygens (including phenoxy) is 3. The average molecular weight is 959 g/mol. The van der Waals surface area contributed by atoms with Crippen molar-refractivity contribution in [3.8, 4) is 28.0 Å². The number of nitriles is 1. The molecule has 1 saturated heterocycles. The van der Waals surface area contributed by atoms with E-state index < -0.39 is 57.6 Å². The van der Waals surface area contributed by atoms with Gasteiger partial charge in [0.25, 0.3) is 5.91 Å². The summed E-state index contributed by atoms with van der Waals surface area (Å²) in [5.41, 5.74) is 1.72. The molecule has 2 atom stereocenters. The van der Waals surface area contributed by atoms with E-state index in [9.17, 15) is 32.3 Å². The largest absolute Gasteiger partial charge is 0.494 e. The topological polar surface area (TPSA) is 172 Å². The number of benzene rings is 3. The molecule has 6 rings (SSSR count). The average Bonchev–Trinajstić information content (AvgIpc) is 3.97. The number of nitrogens with zero attached hydrogens (tertiary/aromatic N) is 3. The quantitative estimate of drug-likeness (QED) is 0.0826. The molecule has 0 bridgehead atoms. The summed E-state index contributed by atoms with van der Waals surface area (Å²) in [6.07, 6.45) is -2.82.